The van der Waals surface area contributed by atoms with Crippen LogP contribution in [0.25, 0.3) is 0 Å². The lowest BCUT2D eigenvalue weighted by atomic mass is 9.91. The van der Waals surface area contributed by atoms with Gasteiger partial charge in [0.2, 0.25) is 0 Å². The van der Waals surface area contributed by atoms with Gasteiger partial charge in [0.05, 0.1) is 6.42 Å². The summed E-state index contributed by atoms with van der Waals surface area (Å²) in [7, 11) is 0. The van der Waals surface area contributed by atoms with Gasteiger partial charge >= 0.3 is 5.97 Å². The summed E-state index contributed by atoms with van der Waals surface area (Å²) in [5, 5.41) is 12.9. The lowest BCUT2D eigenvalue weighted by Crippen LogP contribution is -2.06. The molecule has 2 rings (SSSR count). The summed E-state index contributed by atoms with van der Waals surface area (Å²) >= 11 is 5.96. The van der Waals surface area contributed by atoms with Crippen molar-refractivity contribution < 1.29 is 9.90 Å². The molecule has 0 saturated carbocycles. The third kappa shape index (κ3) is 2.47. The minimum Gasteiger partial charge on any atom is -0.481 e. The van der Waals surface area contributed by atoms with E-state index in [1.807, 2.05) is 18.2 Å². The van der Waals surface area contributed by atoms with Gasteiger partial charge in [0.25, 0.3) is 0 Å². The predicted octanol–water partition coefficient (Wildman–Crippen LogP) is 3.10. The number of benzene rings is 1. The van der Waals surface area contributed by atoms with Gasteiger partial charge in [-0.2, -0.15) is 0 Å². The van der Waals surface area contributed by atoms with Crippen molar-refractivity contribution in [2.75, 3.05) is 11.9 Å². The van der Waals surface area contributed by atoms with Crippen LogP contribution in [-0.4, -0.2) is 17.6 Å². The van der Waals surface area contributed by atoms with E-state index in [1.54, 1.807) is 0 Å². The predicted molar refractivity (Wildman–Crippen MR) is 64.2 cm³/mol. The summed E-state index contributed by atoms with van der Waals surface area (Å²) in [6.45, 7) is 0.894. The van der Waals surface area contributed by atoms with Gasteiger partial charge in [-0.3, -0.25) is 4.79 Å². The van der Waals surface area contributed by atoms with Crippen molar-refractivity contribution in [1.82, 2.24) is 0 Å². The number of nitrogens with one attached hydrogen (secondary N) is 1. The van der Waals surface area contributed by atoms with Crippen LogP contribution in [0.15, 0.2) is 18.2 Å². The summed E-state index contributed by atoms with van der Waals surface area (Å²) in [4.78, 5) is 10.8. The Hall–Kier alpha value is -1.22. The first-order valence-corrected chi connectivity index (χ1v) is 5.79. The molecule has 0 aliphatic carbocycles. The zero-order valence-corrected chi connectivity index (χ0v) is 9.63. The Labute approximate surface area is 99.4 Å². The van der Waals surface area contributed by atoms with Gasteiger partial charge in [-0.1, -0.05) is 11.6 Å². The highest BCUT2D eigenvalue weighted by atomic mass is 35.5. The Morgan fingerprint density at radius 1 is 1.56 bits per heavy atom. The summed E-state index contributed by atoms with van der Waals surface area (Å²) in [5.41, 5.74) is 2.06. The monoisotopic (exact) mass is 239 g/mol. The smallest absolute Gasteiger partial charge is 0.303 e. The number of carboxylic acid groups (broad SMARTS) is 1. The fraction of sp³-hybridized carbons (Fsp3) is 0.417. The highest BCUT2D eigenvalue weighted by molar-refractivity contribution is 6.30. The van der Waals surface area contributed by atoms with Crippen molar-refractivity contribution in [3.63, 3.8) is 0 Å². The van der Waals surface area contributed by atoms with E-state index in [-0.39, 0.29) is 12.3 Å². The number of hydrogen-bond donors (Lipinski definition) is 2. The van der Waals surface area contributed by atoms with E-state index >= 15 is 0 Å². The Kier molecular flexibility index (Phi) is 3.34. The van der Waals surface area contributed by atoms with Gasteiger partial charge in [0, 0.05) is 17.3 Å². The van der Waals surface area contributed by atoms with Crippen LogP contribution in [-0.2, 0) is 4.79 Å². The van der Waals surface area contributed by atoms with Crippen LogP contribution < -0.4 is 5.32 Å². The molecule has 0 fully saturated rings. The minimum atomic E-state index is -0.752. The van der Waals surface area contributed by atoms with Gasteiger partial charge in [-0.25, -0.2) is 0 Å². The number of hydrogen-bond acceptors (Lipinski definition) is 2. The Balaban J connectivity index is 2.34. The maximum Gasteiger partial charge on any atom is 0.303 e. The zero-order valence-electron chi connectivity index (χ0n) is 8.87. The molecule has 1 unspecified atom stereocenters. The first-order chi connectivity index (χ1) is 7.66. The quantitative estimate of drug-likeness (QED) is 0.834. The lowest BCUT2D eigenvalue weighted by Gasteiger charge is -2.15. The molecule has 1 aliphatic heterocycles. The average Bonchev–Trinajstić information content (AvgIpc) is 2.41. The summed E-state index contributed by atoms with van der Waals surface area (Å²) in [6, 6.07) is 5.64. The largest absolute Gasteiger partial charge is 0.481 e. The van der Waals surface area contributed by atoms with Crippen molar-refractivity contribution in [2.45, 2.75) is 25.2 Å². The van der Waals surface area contributed by atoms with Crippen LogP contribution in [0.5, 0.6) is 0 Å². The van der Waals surface area contributed by atoms with Crippen molar-refractivity contribution in [2.24, 2.45) is 0 Å². The van der Waals surface area contributed by atoms with Crippen LogP contribution in [0.1, 0.15) is 30.7 Å². The molecule has 3 nitrogen and oxygen atoms in total. The van der Waals surface area contributed by atoms with E-state index in [0.29, 0.717) is 5.02 Å². The lowest BCUT2D eigenvalue weighted by molar-refractivity contribution is -0.137. The molecule has 16 heavy (non-hydrogen) atoms. The number of anilines is 1. The molecule has 86 valence electrons. The number of carboxylic acids is 1. The maximum absolute atomic E-state index is 10.8. The van der Waals surface area contributed by atoms with E-state index in [1.165, 1.54) is 0 Å². The van der Waals surface area contributed by atoms with Crippen LogP contribution in [0.3, 0.4) is 0 Å². The molecule has 4 heteroatoms. The first-order valence-electron chi connectivity index (χ1n) is 5.42. The molecule has 0 radical (unpaired) electrons. The fourth-order valence-corrected chi connectivity index (χ4v) is 2.36. The molecular formula is C12H14ClNO2. The minimum absolute atomic E-state index is 0.0706. The van der Waals surface area contributed by atoms with E-state index in [4.69, 9.17) is 16.7 Å². The highest BCUT2D eigenvalue weighted by Crippen LogP contribution is 2.35. The summed E-state index contributed by atoms with van der Waals surface area (Å²) in [5.74, 6) is -0.681. The van der Waals surface area contributed by atoms with E-state index in [2.05, 4.69) is 5.32 Å². The SMILES string of the molecule is O=C(O)CC1CCCNc2ccc(Cl)cc21. The second kappa shape index (κ2) is 4.74. The number of halogens is 1. The van der Waals surface area contributed by atoms with Crippen molar-refractivity contribution in [3.05, 3.63) is 28.8 Å². The average molecular weight is 240 g/mol. The number of rotatable bonds is 2. The number of aliphatic carboxylic acids is 1. The third-order valence-electron chi connectivity index (χ3n) is 2.92. The van der Waals surface area contributed by atoms with Gasteiger partial charge in [-0.15, -0.1) is 0 Å². The third-order valence-corrected chi connectivity index (χ3v) is 3.15. The van der Waals surface area contributed by atoms with E-state index in [9.17, 15) is 4.79 Å². The second-order valence-corrected chi connectivity index (χ2v) is 4.53. The molecule has 1 aliphatic rings. The molecule has 0 amide bonds. The van der Waals surface area contributed by atoms with Gasteiger partial charge in [0.1, 0.15) is 0 Å². The molecule has 0 bridgehead atoms. The Morgan fingerprint density at radius 3 is 3.12 bits per heavy atom. The number of carbonyl (C=O) groups is 1. The molecule has 1 heterocycles. The van der Waals surface area contributed by atoms with Gasteiger partial charge < -0.3 is 10.4 Å². The standard InChI is InChI=1S/C12H14ClNO2/c13-9-3-4-11-10(7-9)8(6-12(15)16)2-1-5-14-11/h3-4,7-8,14H,1-2,5-6H2,(H,15,16). The van der Waals surface area contributed by atoms with Gasteiger partial charge in [-0.05, 0) is 42.5 Å². The van der Waals surface area contributed by atoms with Crippen LogP contribution in [0.2, 0.25) is 5.02 Å². The van der Waals surface area contributed by atoms with Gasteiger partial charge in [0.15, 0.2) is 0 Å². The van der Waals surface area contributed by atoms with Crippen LogP contribution in [0, 0.1) is 0 Å². The highest BCUT2D eigenvalue weighted by Gasteiger charge is 2.21. The molecule has 1 atom stereocenters. The molecule has 0 aromatic heterocycles. The molecule has 0 spiro atoms. The van der Waals surface area contributed by atoms with Crippen LogP contribution in [0.4, 0.5) is 5.69 Å². The summed E-state index contributed by atoms with van der Waals surface area (Å²) in [6.07, 6.45) is 2.06. The van der Waals surface area contributed by atoms with Crippen molar-refractivity contribution >= 4 is 23.3 Å². The maximum atomic E-state index is 10.8. The summed E-state index contributed by atoms with van der Waals surface area (Å²) < 4.78 is 0. The molecule has 0 saturated heterocycles. The first kappa shape index (κ1) is 11.3. The van der Waals surface area contributed by atoms with E-state index in [0.717, 1.165) is 30.6 Å². The normalized spacial score (nSPS) is 19.4. The van der Waals surface area contributed by atoms with E-state index < -0.39 is 5.97 Å². The zero-order chi connectivity index (χ0) is 11.5. The van der Waals surface area contributed by atoms with Crippen molar-refractivity contribution in [1.29, 1.82) is 0 Å². The van der Waals surface area contributed by atoms with Crippen molar-refractivity contribution in [3.8, 4) is 0 Å². The Morgan fingerprint density at radius 2 is 2.38 bits per heavy atom. The number of fused-ring (bicyclic) bond motifs is 1. The molecule has 1 aromatic carbocycles. The van der Waals surface area contributed by atoms with Crippen LogP contribution >= 0.6 is 11.6 Å². The molecule has 1 aromatic rings. The Bertz CT molecular complexity index is 406. The topological polar surface area (TPSA) is 49.3 Å². The fourth-order valence-electron chi connectivity index (χ4n) is 2.18. The molecule has 2 N–H and O–H groups in total. The molecular weight excluding hydrogens is 226 g/mol. The second-order valence-electron chi connectivity index (χ2n) is 4.10.